The summed E-state index contributed by atoms with van der Waals surface area (Å²) in [6, 6.07) is 7.86. The molecular formula is C19H28N2O2. The van der Waals surface area contributed by atoms with Gasteiger partial charge in [-0.3, -0.25) is 9.59 Å². The summed E-state index contributed by atoms with van der Waals surface area (Å²) in [6.07, 6.45) is 2.11. The smallest absolute Gasteiger partial charge is 0.225 e. The van der Waals surface area contributed by atoms with E-state index in [1.807, 2.05) is 58.2 Å². The molecule has 4 heteroatoms. The van der Waals surface area contributed by atoms with Gasteiger partial charge in [-0.05, 0) is 25.5 Å². The number of H-pyrrole nitrogens is 1. The van der Waals surface area contributed by atoms with E-state index < -0.39 is 5.54 Å². The Labute approximate surface area is 138 Å². The van der Waals surface area contributed by atoms with Gasteiger partial charge in [-0.15, -0.1) is 0 Å². The van der Waals surface area contributed by atoms with Gasteiger partial charge in [0.05, 0.1) is 12.0 Å². The third-order valence-electron chi connectivity index (χ3n) is 3.62. The molecule has 0 aliphatic carbocycles. The van der Waals surface area contributed by atoms with Gasteiger partial charge >= 0.3 is 0 Å². The van der Waals surface area contributed by atoms with Crippen LogP contribution in [0.1, 0.15) is 47.1 Å². The zero-order valence-electron chi connectivity index (χ0n) is 15.0. The maximum atomic E-state index is 12.2. The van der Waals surface area contributed by atoms with E-state index in [4.69, 9.17) is 0 Å². The summed E-state index contributed by atoms with van der Waals surface area (Å²) >= 11 is 0. The summed E-state index contributed by atoms with van der Waals surface area (Å²) in [4.78, 5) is 27.5. The Morgan fingerprint density at radius 1 is 1.17 bits per heavy atom. The number of nitrogens with one attached hydrogen (secondary N) is 2. The van der Waals surface area contributed by atoms with Crippen molar-refractivity contribution in [2.45, 2.75) is 53.5 Å². The van der Waals surface area contributed by atoms with Gasteiger partial charge in [0.25, 0.3) is 0 Å². The number of benzene rings is 1. The van der Waals surface area contributed by atoms with Crippen molar-refractivity contribution in [3.05, 3.63) is 36.0 Å². The van der Waals surface area contributed by atoms with Crippen LogP contribution in [0, 0.1) is 5.92 Å². The van der Waals surface area contributed by atoms with Gasteiger partial charge in [-0.25, -0.2) is 0 Å². The fraction of sp³-hybridized carbons (Fsp3) is 0.474. The van der Waals surface area contributed by atoms with E-state index in [2.05, 4.69) is 10.3 Å². The highest BCUT2D eigenvalue weighted by Gasteiger charge is 2.31. The van der Waals surface area contributed by atoms with Crippen LogP contribution in [0.2, 0.25) is 0 Å². The van der Waals surface area contributed by atoms with Gasteiger partial charge in [0.2, 0.25) is 5.91 Å². The molecule has 0 bridgehead atoms. The Bertz CT molecular complexity index is 669. The minimum atomic E-state index is -0.836. The number of hydrogen-bond acceptors (Lipinski definition) is 2. The Morgan fingerprint density at radius 2 is 1.78 bits per heavy atom. The van der Waals surface area contributed by atoms with Crippen molar-refractivity contribution in [2.75, 3.05) is 0 Å². The summed E-state index contributed by atoms with van der Waals surface area (Å²) in [6.45, 7) is 11.2. The maximum absolute atomic E-state index is 12.2. The molecule has 0 unspecified atom stereocenters. The lowest BCUT2D eigenvalue weighted by Crippen LogP contribution is -2.51. The first-order chi connectivity index (χ1) is 10.8. The lowest BCUT2D eigenvalue weighted by Gasteiger charge is -2.26. The highest BCUT2D eigenvalue weighted by molar-refractivity contribution is 5.95. The van der Waals surface area contributed by atoms with Crippen molar-refractivity contribution >= 4 is 22.6 Å². The fourth-order valence-corrected chi connectivity index (χ4v) is 2.63. The van der Waals surface area contributed by atoms with Crippen LogP contribution in [0.3, 0.4) is 0 Å². The van der Waals surface area contributed by atoms with E-state index >= 15 is 0 Å². The number of aromatic nitrogens is 1. The number of aromatic amines is 1. The first-order valence-corrected chi connectivity index (χ1v) is 8.21. The van der Waals surface area contributed by atoms with Crippen molar-refractivity contribution < 1.29 is 9.59 Å². The third-order valence-corrected chi connectivity index (χ3v) is 3.62. The van der Waals surface area contributed by atoms with Crippen LogP contribution in [-0.2, 0) is 16.0 Å². The minimum Gasteiger partial charge on any atom is -0.361 e. The Hall–Kier alpha value is -2.10. The lowest BCUT2D eigenvalue weighted by atomic mass is 9.90. The van der Waals surface area contributed by atoms with Gasteiger partial charge in [0.15, 0.2) is 5.78 Å². The fourth-order valence-electron chi connectivity index (χ4n) is 2.63. The highest BCUT2D eigenvalue weighted by atomic mass is 16.2. The van der Waals surface area contributed by atoms with Crippen LogP contribution >= 0.6 is 0 Å². The Balaban J connectivity index is 0.00000127. The average Bonchev–Trinajstić information content (AvgIpc) is 2.91. The lowest BCUT2D eigenvalue weighted by molar-refractivity contribution is -0.132. The summed E-state index contributed by atoms with van der Waals surface area (Å²) in [5.74, 6) is -0.207. The molecule has 2 rings (SSSR count). The summed E-state index contributed by atoms with van der Waals surface area (Å²) in [7, 11) is 0. The van der Waals surface area contributed by atoms with E-state index in [1.165, 1.54) is 0 Å². The molecule has 126 valence electrons. The molecule has 1 heterocycles. The molecule has 0 saturated heterocycles. The van der Waals surface area contributed by atoms with Crippen LogP contribution in [0.5, 0.6) is 0 Å². The molecule has 2 N–H and O–H groups in total. The molecule has 0 spiro atoms. The van der Waals surface area contributed by atoms with E-state index in [-0.39, 0.29) is 24.0 Å². The van der Waals surface area contributed by atoms with E-state index in [0.717, 1.165) is 16.5 Å². The molecule has 4 nitrogen and oxygen atoms in total. The standard InChI is InChI=1S/C17H22N2O2.C2H6/c1-11(2)16(21)17(3,4)19-15(20)9-12-10-18-14-8-6-5-7-13(12)14;1-2/h5-8,10-11,18H,9H2,1-4H3,(H,19,20);1-2H3. The van der Waals surface area contributed by atoms with Crippen molar-refractivity contribution in [1.82, 2.24) is 10.3 Å². The SMILES string of the molecule is CC.CC(C)C(=O)C(C)(C)NC(=O)Cc1c[nH]c2ccccc12. The van der Waals surface area contributed by atoms with Crippen LogP contribution in [0.25, 0.3) is 10.9 Å². The van der Waals surface area contributed by atoms with Gasteiger partial charge in [0.1, 0.15) is 0 Å². The van der Waals surface area contributed by atoms with Crippen LogP contribution in [-0.4, -0.2) is 22.2 Å². The molecule has 0 saturated carbocycles. The molecule has 1 aromatic heterocycles. The molecule has 23 heavy (non-hydrogen) atoms. The second-order valence-electron chi connectivity index (χ2n) is 6.23. The maximum Gasteiger partial charge on any atom is 0.225 e. The molecule has 0 aliphatic rings. The molecular weight excluding hydrogens is 288 g/mol. The van der Waals surface area contributed by atoms with Crippen molar-refractivity contribution in [1.29, 1.82) is 0 Å². The summed E-state index contributed by atoms with van der Waals surface area (Å²) in [5, 5.41) is 3.88. The summed E-state index contributed by atoms with van der Waals surface area (Å²) < 4.78 is 0. The van der Waals surface area contributed by atoms with Crippen molar-refractivity contribution in [3.8, 4) is 0 Å². The quantitative estimate of drug-likeness (QED) is 0.880. The molecule has 0 fully saturated rings. The predicted octanol–water partition coefficient (Wildman–Crippen LogP) is 3.86. The number of Topliss-reactive ketones (excluding diaryl/α,β-unsaturated/α-hetero) is 1. The van der Waals surface area contributed by atoms with Crippen molar-refractivity contribution in [2.24, 2.45) is 5.92 Å². The van der Waals surface area contributed by atoms with Crippen LogP contribution < -0.4 is 5.32 Å². The third kappa shape index (κ3) is 4.68. The monoisotopic (exact) mass is 316 g/mol. The average molecular weight is 316 g/mol. The van der Waals surface area contributed by atoms with E-state index in [0.29, 0.717) is 0 Å². The topological polar surface area (TPSA) is 62.0 Å². The van der Waals surface area contributed by atoms with E-state index in [1.54, 1.807) is 13.8 Å². The van der Waals surface area contributed by atoms with Gasteiger partial charge in [-0.2, -0.15) is 0 Å². The zero-order valence-corrected chi connectivity index (χ0v) is 15.0. The molecule has 0 radical (unpaired) electrons. The number of para-hydroxylation sites is 1. The zero-order chi connectivity index (χ0) is 17.6. The predicted molar refractivity (Wildman–Crippen MR) is 95.4 cm³/mol. The number of rotatable bonds is 5. The highest BCUT2D eigenvalue weighted by Crippen LogP contribution is 2.18. The van der Waals surface area contributed by atoms with E-state index in [9.17, 15) is 9.59 Å². The minimum absolute atomic E-state index is 0.0368. The van der Waals surface area contributed by atoms with Gasteiger partial charge in [-0.1, -0.05) is 45.9 Å². The Morgan fingerprint density at radius 3 is 2.39 bits per heavy atom. The van der Waals surface area contributed by atoms with Crippen LogP contribution in [0.4, 0.5) is 0 Å². The molecule has 2 aromatic rings. The number of fused-ring (bicyclic) bond motifs is 1. The molecule has 1 amide bonds. The summed E-state index contributed by atoms with van der Waals surface area (Å²) in [5.41, 5.74) is 1.12. The normalized spacial score (nSPS) is 11.1. The first kappa shape index (κ1) is 18.9. The van der Waals surface area contributed by atoms with Crippen LogP contribution in [0.15, 0.2) is 30.5 Å². The largest absolute Gasteiger partial charge is 0.361 e. The second-order valence-corrected chi connectivity index (χ2v) is 6.23. The molecule has 1 aromatic carbocycles. The van der Waals surface area contributed by atoms with Gasteiger partial charge < -0.3 is 10.3 Å². The second kappa shape index (κ2) is 7.95. The van der Waals surface area contributed by atoms with Gasteiger partial charge in [0, 0.05) is 23.0 Å². The number of hydrogen-bond donors (Lipinski definition) is 2. The molecule has 0 aliphatic heterocycles. The number of carbonyl (C=O) groups excluding carboxylic acids is 2. The van der Waals surface area contributed by atoms with Crippen molar-refractivity contribution in [3.63, 3.8) is 0 Å². The number of carbonyl (C=O) groups is 2. The number of amides is 1. The molecule has 0 atom stereocenters. The first-order valence-electron chi connectivity index (χ1n) is 8.21. The number of ketones is 1. The Kier molecular flexibility index (Phi) is 6.55.